The summed E-state index contributed by atoms with van der Waals surface area (Å²) in [6.45, 7) is 4.45. The molecule has 1 saturated carbocycles. The molecule has 0 aromatic rings. The van der Waals surface area contributed by atoms with E-state index in [9.17, 15) is 0 Å². The second-order valence-corrected chi connectivity index (χ2v) is 4.10. The molecule has 0 spiro atoms. The van der Waals surface area contributed by atoms with Gasteiger partial charge in [0, 0.05) is 0 Å². The summed E-state index contributed by atoms with van der Waals surface area (Å²) in [6, 6.07) is 0. The molecule has 0 aromatic heterocycles. The van der Waals surface area contributed by atoms with Gasteiger partial charge >= 0.3 is 0 Å². The molecule has 1 N–H and O–H groups in total. The highest BCUT2D eigenvalue weighted by Crippen LogP contribution is 2.37. The van der Waals surface area contributed by atoms with Gasteiger partial charge in [0.05, 0.1) is 6.26 Å². The molecule has 64 valence electrons. The van der Waals surface area contributed by atoms with Gasteiger partial charge in [0.25, 0.3) is 0 Å². The molecule has 0 unspecified atom stereocenters. The summed E-state index contributed by atoms with van der Waals surface area (Å²) in [4.78, 5) is 0. The first-order valence-electron chi connectivity index (χ1n) is 4.50. The van der Waals surface area contributed by atoms with Crippen LogP contribution in [0.25, 0.3) is 0 Å². The van der Waals surface area contributed by atoms with E-state index < -0.39 is 0 Å². The molecular formula is C10H18O. The molecule has 1 rings (SSSR count). The van der Waals surface area contributed by atoms with Gasteiger partial charge in [-0.1, -0.05) is 26.7 Å². The van der Waals surface area contributed by atoms with Crippen LogP contribution >= 0.6 is 0 Å². The number of hydrogen-bond donors (Lipinski definition) is 1. The number of rotatable bonds is 0. The number of allylic oxidation sites excluding steroid dienone is 1. The van der Waals surface area contributed by atoms with Crippen LogP contribution in [0.3, 0.4) is 0 Å². The lowest BCUT2D eigenvalue weighted by Gasteiger charge is -2.24. The van der Waals surface area contributed by atoms with E-state index in [2.05, 4.69) is 13.8 Å². The van der Waals surface area contributed by atoms with Crippen molar-refractivity contribution in [1.29, 1.82) is 0 Å². The zero-order chi connectivity index (χ0) is 8.32. The first-order chi connectivity index (χ1) is 5.17. The lowest BCUT2D eigenvalue weighted by molar-refractivity contribution is 0.373. The number of hydrogen-bond acceptors (Lipinski definition) is 1. The maximum absolute atomic E-state index is 8.99. The van der Waals surface area contributed by atoms with Crippen molar-refractivity contribution in [3.63, 3.8) is 0 Å². The summed E-state index contributed by atoms with van der Waals surface area (Å²) in [5.41, 5.74) is 1.47. The van der Waals surface area contributed by atoms with Crippen LogP contribution in [-0.4, -0.2) is 5.11 Å². The molecule has 0 saturated heterocycles. The molecule has 0 radical (unpaired) electrons. The Kier molecular flexibility index (Phi) is 2.58. The van der Waals surface area contributed by atoms with Gasteiger partial charge in [-0.05, 0) is 30.3 Å². The molecule has 0 aliphatic heterocycles. The molecule has 0 amide bonds. The lowest BCUT2D eigenvalue weighted by atomic mass is 9.81. The van der Waals surface area contributed by atoms with E-state index in [-0.39, 0.29) is 5.41 Å². The smallest absolute Gasteiger partial charge is 0.0789 e. The highest BCUT2D eigenvalue weighted by molar-refractivity contribution is 5.10. The lowest BCUT2D eigenvalue weighted by Crippen LogP contribution is -2.12. The van der Waals surface area contributed by atoms with Crippen LogP contribution in [0.1, 0.15) is 46.0 Å². The molecule has 0 atom stereocenters. The summed E-state index contributed by atoms with van der Waals surface area (Å²) < 4.78 is 0. The predicted octanol–water partition coefficient (Wildman–Crippen LogP) is 3.42. The molecule has 1 heteroatoms. The number of aliphatic hydroxyl groups excluding tert-OH is 1. The van der Waals surface area contributed by atoms with Gasteiger partial charge < -0.3 is 5.11 Å². The Hall–Kier alpha value is -0.460. The minimum Gasteiger partial charge on any atom is -0.516 e. The van der Waals surface area contributed by atoms with Crippen molar-refractivity contribution in [2.45, 2.75) is 46.0 Å². The Labute approximate surface area is 69.1 Å². The molecule has 11 heavy (non-hydrogen) atoms. The van der Waals surface area contributed by atoms with E-state index in [1.54, 1.807) is 0 Å². The van der Waals surface area contributed by atoms with Crippen molar-refractivity contribution in [2.24, 2.45) is 5.41 Å². The van der Waals surface area contributed by atoms with Gasteiger partial charge in [0.1, 0.15) is 0 Å². The van der Waals surface area contributed by atoms with Gasteiger partial charge in [-0.3, -0.25) is 0 Å². The average Bonchev–Trinajstić information content (AvgIpc) is 2.10. The van der Waals surface area contributed by atoms with E-state index in [1.807, 2.05) is 0 Å². The van der Waals surface area contributed by atoms with E-state index in [0.717, 1.165) is 6.42 Å². The standard InChI is InChI=1S/C10H18O/c1-10(2)7-5-3-4-6-9(10)8-11/h8,11H,3-7H2,1-2H3/b9-8+. The van der Waals surface area contributed by atoms with Gasteiger partial charge in [-0.25, -0.2) is 0 Å². The normalized spacial score (nSPS) is 28.4. The maximum atomic E-state index is 8.99. The Bertz CT molecular complexity index is 156. The fourth-order valence-electron chi connectivity index (χ4n) is 1.80. The third-order valence-corrected chi connectivity index (χ3v) is 2.77. The van der Waals surface area contributed by atoms with Crippen LogP contribution in [0.5, 0.6) is 0 Å². The summed E-state index contributed by atoms with van der Waals surface area (Å²) in [7, 11) is 0. The summed E-state index contributed by atoms with van der Waals surface area (Å²) in [6.07, 6.45) is 7.51. The van der Waals surface area contributed by atoms with Crippen molar-refractivity contribution in [2.75, 3.05) is 0 Å². The molecule has 1 aliphatic rings. The van der Waals surface area contributed by atoms with E-state index >= 15 is 0 Å². The molecule has 1 aliphatic carbocycles. The Morgan fingerprint density at radius 2 is 2.00 bits per heavy atom. The molecule has 0 bridgehead atoms. The van der Waals surface area contributed by atoms with Crippen LogP contribution in [0.2, 0.25) is 0 Å². The van der Waals surface area contributed by atoms with Crippen LogP contribution in [0.15, 0.2) is 11.8 Å². The zero-order valence-corrected chi connectivity index (χ0v) is 7.56. The molecule has 0 aromatic carbocycles. The summed E-state index contributed by atoms with van der Waals surface area (Å²) in [5.74, 6) is 0. The van der Waals surface area contributed by atoms with E-state index in [0.29, 0.717) is 0 Å². The Morgan fingerprint density at radius 1 is 1.27 bits per heavy atom. The first kappa shape index (κ1) is 8.63. The van der Waals surface area contributed by atoms with Gasteiger partial charge in [-0.15, -0.1) is 0 Å². The van der Waals surface area contributed by atoms with Gasteiger partial charge in [0.15, 0.2) is 0 Å². The van der Waals surface area contributed by atoms with E-state index in [4.69, 9.17) is 5.11 Å². The second kappa shape index (κ2) is 3.29. The highest BCUT2D eigenvalue weighted by Gasteiger charge is 2.24. The quantitative estimate of drug-likeness (QED) is 0.418. The highest BCUT2D eigenvalue weighted by atomic mass is 16.2. The van der Waals surface area contributed by atoms with Crippen molar-refractivity contribution >= 4 is 0 Å². The van der Waals surface area contributed by atoms with Crippen molar-refractivity contribution in [3.8, 4) is 0 Å². The second-order valence-electron chi connectivity index (χ2n) is 4.10. The Balaban J connectivity index is 2.72. The van der Waals surface area contributed by atoms with Crippen LogP contribution in [0.4, 0.5) is 0 Å². The van der Waals surface area contributed by atoms with E-state index in [1.165, 1.54) is 37.5 Å². The fourth-order valence-corrected chi connectivity index (χ4v) is 1.80. The van der Waals surface area contributed by atoms with Gasteiger partial charge in [0.2, 0.25) is 0 Å². The van der Waals surface area contributed by atoms with Crippen molar-refractivity contribution in [1.82, 2.24) is 0 Å². The zero-order valence-electron chi connectivity index (χ0n) is 7.56. The molecule has 0 heterocycles. The summed E-state index contributed by atoms with van der Waals surface area (Å²) >= 11 is 0. The maximum Gasteiger partial charge on any atom is 0.0789 e. The fraction of sp³-hybridized carbons (Fsp3) is 0.800. The van der Waals surface area contributed by atoms with Crippen molar-refractivity contribution in [3.05, 3.63) is 11.8 Å². The van der Waals surface area contributed by atoms with Gasteiger partial charge in [-0.2, -0.15) is 0 Å². The molecule has 1 fully saturated rings. The summed E-state index contributed by atoms with van der Waals surface area (Å²) in [5, 5.41) is 8.99. The Morgan fingerprint density at radius 3 is 2.64 bits per heavy atom. The third kappa shape index (κ3) is 1.98. The SMILES string of the molecule is CC1(C)CCCCC/C1=C\O. The monoisotopic (exact) mass is 154 g/mol. The minimum atomic E-state index is 0.241. The first-order valence-corrected chi connectivity index (χ1v) is 4.50. The number of aliphatic hydroxyl groups is 1. The average molecular weight is 154 g/mol. The van der Waals surface area contributed by atoms with Crippen molar-refractivity contribution < 1.29 is 5.11 Å². The van der Waals surface area contributed by atoms with Crippen LogP contribution in [-0.2, 0) is 0 Å². The topological polar surface area (TPSA) is 20.2 Å². The van der Waals surface area contributed by atoms with Crippen LogP contribution < -0.4 is 0 Å². The third-order valence-electron chi connectivity index (χ3n) is 2.77. The molecular weight excluding hydrogens is 136 g/mol. The predicted molar refractivity (Wildman–Crippen MR) is 47.6 cm³/mol. The minimum absolute atomic E-state index is 0.241. The van der Waals surface area contributed by atoms with Crippen LogP contribution in [0, 0.1) is 5.41 Å². The molecule has 1 nitrogen and oxygen atoms in total. The largest absolute Gasteiger partial charge is 0.516 e.